The first-order chi connectivity index (χ1) is 14.1. The van der Waals surface area contributed by atoms with Gasteiger partial charge in [0.2, 0.25) is 0 Å². The molecule has 1 aromatic carbocycles. The van der Waals surface area contributed by atoms with Crippen LogP contribution in [0.1, 0.15) is 5.56 Å². The van der Waals surface area contributed by atoms with Crippen molar-refractivity contribution in [3.63, 3.8) is 0 Å². The van der Waals surface area contributed by atoms with Crippen molar-refractivity contribution in [1.82, 2.24) is 14.9 Å². The fourth-order valence-electron chi connectivity index (χ4n) is 2.81. The summed E-state index contributed by atoms with van der Waals surface area (Å²) in [6.07, 6.45) is 4.81. The Labute approximate surface area is 166 Å². The number of methoxy groups -OCH3 is 1. The molecule has 152 valence electrons. The van der Waals surface area contributed by atoms with Crippen molar-refractivity contribution in [2.75, 3.05) is 25.6 Å². The maximum absolute atomic E-state index is 12.9. The van der Waals surface area contributed by atoms with Crippen LogP contribution < -0.4 is 10.1 Å². The number of nitrogens with zero attached hydrogens (tertiary/aromatic N) is 3. The molecule has 0 aliphatic rings. The summed E-state index contributed by atoms with van der Waals surface area (Å²) in [6.45, 7) is -1.91. The number of rotatable bonds is 8. The van der Waals surface area contributed by atoms with Gasteiger partial charge in [0.15, 0.2) is 5.75 Å². The second-order valence-corrected chi connectivity index (χ2v) is 6.10. The van der Waals surface area contributed by atoms with E-state index in [4.69, 9.17) is 4.74 Å². The zero-order chi connectivity index (χ0) is 20.6. The van der Waals surface area contributed by atoms with Gasteiger partial charge in [-0.25, -0.2) is 4.79 Å². The monoisotopic (exact) mass is 402 g/mol. The number of halogens is 2. The molecule has 29 heavy (non-hydrogen) atoms. The number of nitrogens with one attached hydrogen (secondary N) is 1. The Kier molecular flexibility index (Phi) is 6.85. The summed E-state index contributed by atoms with van der Waals surface area (Å²) in [7, 11) is 1.56. The number of benzene rings is 1. The van der Waals surface area contributed by atoms with Gasteiger partial charge in [-0.3, -0.25) is 9.97 Å². The average molecular weight is 402 g/mol. The Morgan fingerprint density at radius 1 is 1.21 bits per heavy atom. The Balaban J connectivity index is 1.84. The van der Waals surface area contributed by atoms with Crippen LogP contribution in [0.5, 0.6) is 5.75 Å². The van der Waals surface area contributed by atoms with Crippen molar-refractivity contribution in [3.05, 3.63) is 60.6 Å². The van der Waals surface area contributed by atoms with E-state index < -0.39 is 6.61 Å². The average Bonchev–Trinajstić information content (AvgIpc) is 2.73. The van der Waals surface area contributed by atoms with Crippen LogP contribution in [0.2, 0.25) is 0 Å². The van der Waals surface area contributed by atoms with Gasteiger partial charge in [-0.2, -0.15) is 8.78 Å². The maximum atomic E-state index is 12.9. The van der Waals surface area contributed by atoms with Gasteiger partial charge >= 0.3 is 12.6 Å². The Morgan fingerprint density at radius 3 is 2.76 bits per heavy atom. The first-order valence-electron chi connectivity index (χ1n) is 8.85. The number of hydrogen-bond acceptors (Lipinski definition) is 5. The Hall–Kier alpha value is -3.33. The van der Waals surface area contributed by atoms with Crippen LogP contribution in [0.15, 0.2) is 55.0 Å². The molecule has 2 aromatic heterocycles. The third-order valence-electron chi connectivity index (χ3n) is 4.14. The van der Waals surface area contributed by atoms with Crippen LogP contribution in [0, 0.1) is 0 Å². The molecular weight excluding hydrogens is 382 g/mol. The molecule has 0 spiro atoms. The molecule has 9 heteroatoms. The van der Waals surface area contributed by atoms with Crippen LogP contribution in [0.25, 0.3) is 10.9 Å². The summed E-state index contributed by atoms with van der Waals surface area (Å²) in [6, 6.07) is 9.51. The quantitative estimate of drug-likeness (QED) is 0.618. The van der Waals surface area contributed by atoms with Gasteiger partial charge < -0.3 is 19.7 Å². The molecule has 2 heterocycles. The van der Waals surface area contributed by atoms with Gasteiger partial charge in [-0.1, -0.05) is 6.07 Å². The fraction of sp³-hybridized carbons (Fsp3) is 0.250. The molecular formula is C20H20F2N4O3. The minimum Gasteiger partial charge on any atom is -0.432 e. The zero-order valence-electron chi connectivity index (χ0n) is 15.7. The smallest absolute Gasteiger partial charge is 0.387 e. The molecule has 0 unspecified atom stereocenters. The highest BCUT2D eigenvalue weighted by Crippen LogP contribution is 2.31. The molecule has 0 fully saturated rings. The number of carbonyl (C=O) groups is 1. The van der Waals surface area contributed by atoms with E-state index in [9.17, 15) is 13.6 Å². The number of hydrogen-bond donors (Lipinski definition) is 1. The topological polar surface area (TPSA) is 76.6 Å². The highest BCUT2D eigenvalue weighted by Gasteiger charge is 2.17. The second kappa shape index (κ2) is 9.74. The number of anilines is 1. The molecule has 0 saturated heterocycles. The molecule has 0 bridgehead atoms. The first kappa shape index (κ1) is 20.4. The molecule has 0 aliphatic carbocycles. The second-order valence-electron chi connectivity index (χ2n) is 6.10. The van der Waals surface area contributed by atoms with Crippen LogP contribution >= 0.6 is 0 Å². The van der Waals surface area contributed by atoms with Gasteiger partial charge in [0.25, 0.3) is 0 Å². The normalized spacial score (nSPS) is 10.9. The van der Waals surface area contributed by atoms with Crippen molar-refractivity contribution < 1.29 is 23.0 Å². The molecule has 1 N–H and O–H groups in total. The largest absolute Gasteiger partial charge is 0.432 e. The lowest BCUT2D eigenvalue weighted by Crippen LogP contribution is -2.36. The SMILES string of the molecule is COCCN(Cc1cccnc1)C(=O)Nc1ccc(OC(F)F)c2ncccc12. The van der Waals surface area contributed by atoms with Gasteiger partial charge in [0, 0.05) is 44.2 Å². The van der Waals surface area contributed by atoms with Crippen LogP contribution in [-0.4, -0.2) is 47.8 Å². The standard InChI is InChI=1S/C20H20F2N4O3/c1-28-11-10-26(13-14-4-2-8-23-12-14)20(27)25-16-6-7-17(29-19(21)22)18-15(16)5-3-9-24-18/h2-9,12,19H,10-11,13H2,1H3,(H,25,27). The Morgan fingerprint density at radius 2 is 2.03 bits per heavy atom. The van der Waals surface area contributed by atoms with Crippen molar-refractivity contribution >= 4 is 22.6 Å². The van der Waals surface area contributed by atoms with Gasteiger partial charge in [-0.05, 0) is 35.9 Å². The highest BCUT2D eigenvalue weighted by molar-refractivity contribution is 6.02. The molecule has 3 aromatic rings. The van der Waals surface area contributed by atoms with Gasteiger partial charge in [0.1, 0.15) is 5.52 Å². The van der Waals surface area contributed by atoms with Gasteiger partial charge in [0.05, 0.1) is 12.3 Å². The van der Waals surface area contributed by atoms with E-state index in [1.54, 1.807) is 42.6 Å². The summed E-state index contributed by atoms with van der Waals surface area (Å²) < 4.78 is 34.9. The van der Waals surface area contributed by atoms with E-state index in [0.717, 1.165) is 5.56 Å². The zero-order valence-corrected chi connectivity index (χ0v) is 15.7. The van der Waals surface area contributed by atoms with Crippen LogP contribution in [0.4, 0.5) is 19.3 Å². The van der Waals surface area contributed by atoms with Crippen LogP contribution in [0.3, 0.4) is 0 Å². The lowest BCUT2D eigenvalue weighted by atomic mass is 10.1. The molecule has 2 amide bonds. The third-order valence-corrected chi connectivity index (χ3v) is 4.14. The number of urea groups is 1. The third kappa shape index (κ3) is 5.35. The number of aromatic nitrogens is 2. The highest BCUT2D eigenvalue weighted by atomic mass is 19.3. The molecule has 0 aliphatic heterocycles. The molecule has 3 rings (SSSR count). The predicted octanol–water partition coefficient (Wildman–Crippen LogP) is 3.91. The van der Waals surface area contributed by atoms with E-state index in [0.29, 0.717) is 30.8 Å². The lowest BCUT2D eigenvalue weighted by molar-refractivity contribution is -0.0489. The number of ether oxygens (including phenoxy) is 2. The van der Waals surface area contributed by atoms with Crippen molar-refractivity contribution in [2.45, 2.75) is 13.2 Å². The van der Waals surface area contributed by atoms with E-state index >= 15 is 0 Å². The summed E-state index contributed by atoms with van der Waals surface area (Å²) >= 11 is 0. The summed E-state index contributed by atoms with van der Waals surface area (Å²) in [4.78, 5) is 22.6. The van der Waals surface area contributed by atoms with E-state index in [-0.39, 0.29) is 17.3 Å². The van der Waals surface area contributed by atoms with Crippen molar-refractivity contribution in [1.29, 1.82) is 0 Å². The number of pyridine rings is 2. The van der Waals surface area contributed by atoms with Crippen LogP contribution in [-0.2, 0) is 11.3 Å². The molecule has 0 saturated carbocycles. The van der Waals surface area contributed by atoms with E-state index in [1.165, 1.54) is 18.3 Å². The maximum Gasteiger partial charge on any atom is 0.387 e. The molecule has 0 atom stereocenters. The fourth-order valence-corrected chi connectivity index (χ4v) is 2.81. The van der Waals surface area contributed by atoms with Crippen molar-refractivity contribution in [3.8, 4) is 5.75 Å². The minimum atomic E-state index is -2.97. The Bertz CT molecular complexity index is 957. The summed E-state index contributed by atoms with van der Waals surface area (Å²) in [5, 5.41) is 3.32. The lowest BCUT2D eigenvalue weighted by Gasteiger charge is -2.23. The first-order valence-corrected chi connectivity index (χ1v) is 8.85. The summed E-state index contributed by atoms with van der Waals surface area (Å²) in [5.74, 6) is -0.0554. The summed E-state index contributed by atoms with van der Waals surface area (Å²) in [5.41, 5.74) is 1.54. The number of alkyl halides is 2. The number of amides is 2. The van der Waals surface area contributed by atoms with Gasteiger partial charge in [-0.15, -0.1) is 0 Å². The van der Waals surface area contributed by atoms with E-state index in [2.05, 4.69) is 20.0 Å². The molecule has 7 nitrogen and oxygen atoms in total. The number of carbonyl (C=O) groups excluding carboxylic acids is 1. The number of fused-ring (bicyclic) bond motifs is 1. The molecule has 0 radical (unpaired) electrons. The van der Waals surface area contributed by atoms with E-state index in [1.807, 2.05) is 6.07 Å². The van der Waals surface area contributed by atoms with Crippen molar-refractivity contribution in [2.24, 2.45) is 0 Å². The predicted molar refractivity (Wildman–Crippen MR) is 104 cm³/mol. The minimum absolute atomic E-state index is 0.0554.